The summed E-state index contributed by atoms with van der Waals surface area (Å²) in [5, 5.41) is 21.6. The summed E-state index contributed by atoms with van der Waals surface area (Å²) in [7, 11) is 0. The number of aromatic nitrogens is 3. The van der Waals surface area contributed by atoms with Crippen LogP contribution >= 0.6 is 47.0 Å². The summed E-state index contributed by atoms with van der Waals surface area (Å²) in [5.74, 6) is 0. The van der Waals surface area contributed by atoms with Crippen LogP contribution in [0.15, 0.2) is 30.3 Å². The fourth-order valence-electron chi connectivity index (χ4n) is 2.60. The molecular formula is C18H11Cl3F3N5S. The van der Waals surface area contributed by atoms with E-state index in [0.717, 1.165) is 12.1 Å². The Hall–Kier alpha value is -2.12. The summed E-state index contributed by atoms with van der Waals surface area (Å²) in [4.78, 5) is 1.33. The van der Waals surface area contributed by atoms with Gasteiger partial charge in [0.15, 0.2) is 0 Å². The number of nitrogens with zero attached hydrogens (tertiary/aromatic N) is 4. The maximum absolute atomic E-state index is 12.7. The van der Waals surface area contributed by atoms with Crippen molar-refractivity contribution in [3.63, 3.8) is 0 Å². The third-order valence-electron chi connectivity index (χ3n) is 4.12. The molecule has 0 spiro atoms. The van der Waals surface area contributed by atoms with E-state index in [1.807, 2.05) is 0 Å². The van der Waals surface area contributed by atoms with Gasteiger partial charge < -0.3 is 5.32 Å². The van der Waals surface area contributed by atoms with Gasteiger partial charge in [-0.3, -0.25) is 0 Å². The molecule has 0 aliphatic heterocycles. The molecule has 0 amide bonds. The van der Waals surface area contributed by atoms with Crippen LogP contribution in [0.5, 0.6) is 0 Å². The fourth-order valence-corrected chi connectivity index (χ4v) is 3.64. The lowest BCUT2D eigenvalue weighted by atomic mass is 10.0. The Morgan fingerprint density at radius 2 is 1.73 bits per heavy atom. The molecule has 30 heavy (non-hydrogen) atoms. The first-order chi connectivity index (χ1) is 13.9. The van der Waals surface area contributed by atoms with Crippen LogP contribution in [0.2, 0.25) is 15.1 Å². The lowest BCUT2D eigenvalue weighted by Crippen LogP contribution is -2.48. The molecule has 3 aromatic rings. The van der Waals surface area contributed by atoms with Gasteiger partial charge in [-0.25, -0.2) is 0 Å². The van der Waals surface area contributed by atoms with Crippen molar-refractivity contribution >= 4 is 63.0 Å². The second kappa shape index (κ2) is 8.19. The van der Waals surface area contributed by atoms with E-state index in [4.69, 9.17) is 47.0 Å². The van der Waals surface area contributed by atoms with Gasteiger partial charge in [0, 0.05) is 5.56 Å². The summed E-state index contributed by atoms with van der Waals surface area (Å²) in [6.45, 7) is 1.50. The monoisotopic (exact) mass is 491 g/mol. The predicted octanol–water partition coefficient (Wildman–Crippen LogP) is 5.66. The van der Waals surface area contributed by atoms with Gasteiger partial charge in [0.1, 0.15) is 21.6 Å². The molecule has 0 saturated carbocycles. The zero-order valence-electron chi connectivity index (χ0n) is 15.1. The molecule has 5 nitrogen and oxygen atoms in total. The van der Waals surface area contributed by atoms with E-state index in [0.29, 0.717) is 11.1 Å². The number of hydrogen-bond donors (Lipinski definition) is 1. The zero-order chi connectivity index (χ0) is 22.3. The average molecular weight is 493 g/mol. The quantitative estimate of drug-likeness (QED) is 0.376. The van der Waals surface area contributed by atoms with Crippen LogP contribution in [0, 0.1) is 11.3 Å². The van der Waals surface area contributed by atoms with Crippen molar-refractivity contribution in [2.75, 3.05) is 0 Å². The Bertz CT molecular complexity index is 1170. The van der Waals surface area contributed by atoms with Crippen LogP contribution in [0.25, 0.3) is 11.0 Å². The van der Waals surface area contributed by atoms with Crippen LogP contribution in [0.3, 0.4) is 0 Å². The first-order valence-electron chi connectivity index (χ1n) is 8.23. The van der Waals surface area contributed by atoms with E-state index >= 15 is 0 Å². The van der Waals surface area contributed by atoms with E-state index in [2.05, 4.69) is 21.6 Å². The van der Waals surface area contributed by atoms with E-state index in [-0.39, 0.29) is 32.1 Å². The lowest BCUT2D eigenvalue weighted by Gasteiger charge is -2.24. The smallest absolute Gasteiger partial charge is 0.357 e. The third kappa shape index (κ3) is 4.62. The molecular weight excluding hydrogens is 482 g/mol. The number of hydrogen-bond acceptors (Lipinski definition) is 4. The molecule has 0 bridgehead atoms. The number of benzene rings is 2. The number of nitriles is 1. The molecule has 0 aliphatic rings. The third-order valence-corrected chi connectivity index (χ3v) is 5.52. The zero-order valence-corrected chi connectivity index (χ0v) is 18.1. The van der Waals surface area contributed by atoms with Crippen molar-refractivity contribution in [2.45, 2.75) is 25.2 Å². The van der Waals surface area contributed by atoms with E-state index in [1.54, 1.807) is 6.92 Å². The topological polar surface area (TPSA) is 66.5 Å². The first kappa shape index (κ1) is 22.6. The van der Waals surface area contributed by atoms with Gasteiger partial charge >= 0.3 is 6.18 Å². The second-order valence-electron chi connectivity index (χ2n) is 6.55. The highest BCUT2D eigenvalue weighted by Gasteiger charge is 2.31. The molecule has 0 radical (unpaired) electrons. The largest absolute Gasteiger partial charge is 0.416 e. The van der Waals surface area contributed by atoms with E-state index in [1.165, 1.54) is 23.0 Å². The Labute approximate surface area is 189 Å². The maximum atomic E-state index is 12.7. The normalized spacial score (nSPS) is 13.7. The van der Waals surface area contributed by atoms with Crippen molar-refractivity contribution in [3.05, 3.63) is 56.5 Å². The lowest BCUT2D eigenvalue weighted by molar-refractivity contribution is -0.137. The van der Waals surface area contributed by atoms with Gasteiger partial charge in [-0.2, -0.15) is 33.4 Å². The minimum atomic E-state index is -4.45. The Balaban J connectivity index is 1.83. The Kier molecular flexibility index (Phi) is 6.16. The summed E-state index contributed by atoms with van der Waals surface area (Å²) < 4.78 is 38.2. The van der Waals surface area contributed by atoms with Crippen LogP contribution in [0.1, 0.15) is 18.1 Å². The predicted molar refractivity (Wildman–Crippen MR) is 113 cm³/mol. The summed E-state index contributed by atoms with van der Waals surface area (Å²) in [6, 6.07) is 7.82. The van der Waals surface area contributed by atoms with Crippen molar-refractivity contribution in [1.29, 1.82) is 5.26 Å². The number of rotatable bonds is 4. The average Bonchev–Trinajstić information content (AvgIpc) is 3.09. The molecule has 1 heterocycles. The Morgan fingerprint density at radius 3 is 2.30 bits per heavy atom. The van der Waals surface area contributed by atoms with Gasteiger partial charge in [0.05, 0.1) is 33.2 Å². The molecule has 2 aromatic carbocycles. The number of thiocarbonyl (C=S) groups is 1. The molecule has 156 valence electrons. The molecule has 12 heteroatoms. The first-order valence-corrected chi connectivity index (χ1v) is 9.77. The molecule has 1 atom stereocenters. The van der Waals surface area contributed by atoms with Crippen molar-refractivity contribution < 1.29 is 13.2 Å². The maximum Gasteiger partial charge on any atom is 0.416 e. The number of alkyl halides is 3. The van der Waals surface area contributed by atoms with Crippen LogP contribution in [-0.4, -0.2) is 25.5 Å². The minimum Gasteiger partial charge on any atom is -0.357 e. The standard InChI is InChI=1S/C18H11Cl3F3N5S/c1-17(7-25,26-16(30)9-2-4-10(5-3-9)18(22,23)24)8-29-27-14-12(20)6-11(19)13(21)15(14)28-29/h2-6H,8H2,1H3,(H,26,30). The second-order valence-corrected chi connectivity index (χ2v) is 8.16. The van der Waals surface area contributed by atoms with Crippen molar-refractivity contribution in [2.24, 2.45) is 0 Å². The highest BCUT2D eigenvalue weighted by molar-refractivity contribution is 7.80. The molecule has 0 aliphatic carbocycles. The number of fused-ring (bicyclic) bond motifs is 1. The fraction of sp³-hybridized carbons (Fsp3) is 0.222. The van der Waals surface area contributed by atoms with Crippen molar-refractivity contribution in [3.8, 4) is 6.07 Å². The van der Waals surface area contributed by atoms with Gasteiger partial charge in [-0.1, -0.05) is 59.2 Å². The van der Waals surface area contributed by atoms with Gasteiger partial charge in [-0.15, -0.1) is 0 Å². The summed E-state index contributed by atoms with van der Waals surface area (Å²) in [5.41, 5.74) is -1.15. The molecule has 3 rings (SSSR count). The highest BCUT2D eigenvalue weighted by atomic mass is 35.5. The van der Waals surface area contributed by atoms with Crippen LogP contribution in [0.4, 0.5) is 13.2 Å². The molecule has 0 fully saturated rings. The number of halogens is 6. The minimum absolute atomic E-state index is 0.0523. The Morgan fingerprint density at radius 1 is 1.13 bits per heavy atom. The molecule has 1 aromatic heterocycles. The molecule has 0 saturated heterocycles. The van der Waals surface area contributed by atoms with Crippen LogP contribution < -0.4 is 5.32 Å². The van der Waals surface area contributed by atoms with E-state index in [9.17, 15) is 18.4 Å². The summed E-state index contributed by atoms with van der Waals surface area (Å²) >= 11 is 23.5. The highest BCUT2D eigenvalue weighted by Crippen LogP contribution is 2.34. The van der Waals surface area contributed by atoms with Crippen LogP contribution in [-0.2, 0) is 12.7 Å². The number of nitrogens with one attached hydrogen (secondary N) is 1. The SMILES string of the molecule is CC(C#N)(Cn1nc2c(Cl)cc(Cl)c(Cl)c2n1)NC(=S)c1ccc(C(F)(F)F)cc1. The van der Waals surface area contributed by atoms with Crippen molar-refractivity contribution in [1.82, 2.24) is 20.3 Å². The summed E-state index contributed by atoms with van der Waals surface area (Å²) in [6.07, 6.45) is -4.45. The van der Waals surface area contributed by atoms with Gasteiger partial charge in [-0.05, 0) is 25.1 Å². The van der Waals surface area contributed by atoms with E-state index < -0.39 is 17.3 Å². The van der Waals surface area contributed by atoms with Gasteiger partial charge in [0.2, 0.25) is 0 Å². The molecule has 1 N–H and O–H groups in total. The van der Waals surface area contributed by atoms with Gasteiger partial charge in [0.25, 0.3) is 0 Å². The molecule has 1 unspecified atom stereocenters.